The third kappa shape index (κ3) is 9.57. The van der Waals surface area contributed by atoms with Gasteiger partial charge >= 0.3 is 0 Å². The molecular formula is C14H25. The molecule has 0 N–H and O–H groups in total. The fraction of sp³-hybridized carbons (Fsp3) is 0.714. The molecular weight excluding hydrogens is 168 g/mol. The summed E-state index contributed by atoms with van der Waals surface area (Å²) in [5, 5.41) is 0. The molecule has 0 unspecified atom stereocenters. The van der Waals surface area contributed by atoms with Crippen molar-refractivity contribution in [1.29, 1.82) is 0 Å². The Hall–Kier alpha value is -0.520. The number of rotatable bonds is 8. The van der Waals surface area contributed by atoms with Gasteiger partial charge in [-0.3, -0.25) is 0 Å². The third-order valence-electron chi connectivity index (χ3n) is 2.49. The van der Waals surface area contributed by atoms with Crippen LogP contribution in [0.15, 0.2) is 17.7 Å². The van der Waals surface area contributed by atoms with E-state index in [9.17, 15) is 0 Å². The molecule has 0 rings (SSSR count). The van der Waals surface area contributed by atoms with Crippen molar-refractivity contribution in [3.8, 4) is 0 Å². The SMILES string of the molecule is C/[C]=C(\C)C=CCCCCCCCC. The molecule has 0 spiro atoms. The van der Waals surface area contributed by atoms with E-state index in [4.69, 9.17) is 0 Å². The Morgan fingerprint density at radius 1 is 1.07 bits per heavy atom. The lowest BCUT2D eigenvalue weighted by molar-refractivity contribution is 0.611. The Bertz CT molecular complexity index is 163. The van der Waals surface area contributed by atoms with Gasteiger partial charge in [0.1, 0.15) is 0 Å². The lowest BCUT2D eigenvalue weighted by Crippen LogP contribution is -1.77. The molecule has 0 aromatic heterocycles. The van der Waals surface area contributed by atoms with Crippen LogP contribution in [0, 0.1) is 6.08 Å². The van der Waals surface area contributed by atoms with E-state index in [1.54, 1.807) is 0 Å². The van der Waals surface area contributed by atoms with Crippen molar-refractivity contribution in [1.82, 2.24) is 0 Å². The zero-order valence-corrected chi connectivity index (χ0v) is 10.1. The molecule has 0 heterocycles. The predicted molar refractivity (Wildman–Crippen MR) is 65.2 cm³/mol. The van der Waals surface area contributed by atoms with Crippen LogP contribution in [-0.4, -0.2) is 0 Å². The summed E-state index contributed by atoms with van der Waals surface area (Å²) in [5.74, 6) is 0. The van der Waals surface area contributed by atoms with E-state index in [0.29, 0.717) is 0 Å². The first-order valence-corrected chi connectivity index (χ1v) is 5.99. The van der Waals surface area contributed by atoms with Crippen molar-refractivity contribution in [3.63, 3.8) is 0 Å². The van der Waals surface area contributed by atoms with Crippen LogP contribution in [0.5, 0.6) is 0 Å². The number of hydrogen-bond acceptors (Lipinski definition) is 0. The van der Waals surface area contributed by atoms with E-state index in [1.807, 2.05) is 6.92 Å². The van der Waals surface area contributed by atoms with Crippen LogP contribution in [0.1, 0.15) is 65.7 Å². The lowest BCUT2D eigenvalue weighted by Gasteiger charge is -1.97. The maximum absolute atomic E-state index is 3.11. The summed E-state index contributed by atoms with van der Waals surface area (Å²) in [6.45, 7) is 6.32. The van der Waals surface area contributed by atoms with Gasteiger partial charge in [0.25, 0.3) is 0 Å². The van der Waals surface area contributed by atoms with Gasteiger partial charge in [-0.2, -0.15) is 0 Å². The first-order valence-electron chi connectivity index (χ1n) is 5.99. The van der Waals surface area contributed by atoms with Gasteiger partial charge in [0, 0.05) is 0 Å². The first kappa shape index (κ1) is 13.5. The van der Waals surface area contributed by atoms with Crippen molar-refractivity contribution >= 4 is 0 Å². The van der Waals surface area contributed by atoms with Gasteiger partial charge in [0.05, 0.1) is 0 Å². The summed E-state index contributed by atoms with van der Waals surface area (Å²) in [6.07, 6.45) is 17.1. The minimum absolute atomic E-state index is 1.23. The van der Waals surface area contributed by atoms with Gasteiger partial charge in [-0.05, 0) is 38.3 Å². The molecule has 0 aromatic carbocycles. The van der Waals surface area contributed by atoms with Crippen LogP contribution in [-0.2, 0) is 0 Å². The summed E-state index contributed by atoms with van der Waals surface area (Å²) >= 11 is 0. The molecule has 0 aromatic rings. The molecule has 0 fully saturated rings. The highest BCUT2D eigenvalue weighted by Crippen LogP contribution is 2.07. The van der Waals surface area contributed by atoms with E-state index >= 15 is 0 Å². The fourth-order valence-corrected chi connectivity index (χ4v) is 1.39. The van der Waals surface area contributed by atoms with E-state index in [0.717, 1.165) is 0 Å². The Morgan fingerprint density at radius 3 is 2.36 bits per heavy atom. The highest BCUT2D eigenvalue weighted by molar-refractivity contribution is 5.11. The summed E-state index contributed by atoms with van der Waals surface area (Å²) in [7, 11) is 0. The fourth-order valence-electron chi connectivity index (χ4n) is 1.39. The number of hydrogen-bond donors (Lipinski definition) is 0. The Labute approximate surface area is 90.1 Å². The van der Waals surface area contributed by atoms with Crippen LogP contribution in [0.3, 0.4) is 0 Å². The van der Waals surface area contributed by atoms with Gasteiger partial charge in [-0.1, -0.05) is 51.2 Å². The molecule has 0 aliphatic heterocycles. The van der Waals surface area contributed by atoms with E-state index in [-0.39, 0.29) is 0 Å². The molecule has 81 valence electrons. The van der Waals surface area contributed by atoms with Gasteiger partial charge in [0.15, 0.2) is 0 Å². The van der Waals surface area contributed by atoms with Crippen molar-refractivity contribution in [2.75, 3.05) is 0 Å². The highest BCUT2D eigenvalue weighted by atomic mass is 13.9. The predicted octanol–water partition coefficient (Wildman–Crippen LogP) is 5.06. The second-order valence-electron chi connectivity index (χ2n) is 3.89. The van der Waals surface area contributed by atoms with Crippen LogP contribution in [0.2, 0.25) is 0 Å². The monoisotopic (exact) mass is 193 g/mol. The molecule has 14 heavy (non-hydrogen) atoms. The van der Waals surface area contributed by atoms with Crippen LogP contribution in [0.25, 0.3) is 0 Å². The van der Waals surface area contributed by atoms with Crippen molar-refractivity contribution < 1.29 is 0 Å². The number of allylic oxidation sites excluding steroid dienone is 4. The Morgan fingerprint density at radius 2 is 1.71 bits per heavy atom. The second kappa shape index (κ2) is 10.6. The topological polar surface area (TPSA) is 0 Å². The zero-order valence-electron chi connectivity index (χ0n) is 10.1. The first-order chi connectivity index (χ1) is 6.81. The highest BCUT2D eigenvalue weighted by Gasteiger charge is 1.87. The largest absolute Gasteiger partial charge is 0.0843 e. The molecule has 0 nitrogen and oxygen atoms in total. The minimum Gasteiger partial charge on any atom is -0.0843 e. The van der Waals surface area contributed by atoms with Crippen molar-refractivity contribution in [2.45, 2.75) is 65.7 Å². The lowest BCUT2D eigenvalue weighted by atomic mass is 10.1. The molecule has 0 saturated carbocycles. The Balaban J connectivity index is 3.17. The van der Waals surface area contributed by atoms with Gasteiger partial charge in [0.2, 0.25) is 0 Å². The molecule has 0 saturated heterocycles. The number of unbranched alkanes of at least 4 members (excludes halogenated alkanes) is 6. The summed E-state index contributed by atoms with van der Waals surface area (Å²) in [6, 6.07) is 0. The third-order valence-corrected chi connectivity index (χ3v) is 2.49. The average molecular weight is 193 g/mol. The maximum Gasteiger partial charge on any atom is -0.0348 e. The minimum atomic E-state index is 1.23. The van der Waals surface area contributed by atoms with Gasteiger partial charge in [-0.15, -0.1) is 0 Å². The maximum atomic E-state index is 3.11. The molecule has 0 aliphatic carbocycles. The standard InChI is InChI=1S/C14H25/c1-4-6-7-8-9-10-11-12-13-14(3)5-2/h12-13H,4,6-11H2,1-3H3. The Kier molecular flexibility index (Phi) is 10.2. The quantitative estimate of drug-likeness (QED) is 0.373. The molecule has 0 heteroatoms. The van der Waals surface area contributed by atoms with E-state index in [2.05, 4.69) is 32.1 Å². The van der Waals surface area contributed by atoms with Gasteiger partial charge < -0.3 is 0 Å². The van der Waals surface area contributed by atoms with E-state index in [1.165, 1.54) is 50.5 Å². The molecule has 1 radical (unpaired) electrons. The molecule has 0 bridgehead atoms. The second-order valence-corrected chi connectivity index (χ2v) is 3.89. The summed E-state index contributed by atoms with van der Waals surface area (Å²) < 4.78 is 0. The molecule has 0 aliphatic rings. The smallest absolute Gasteiger partial charge is 0.0348 e. The van der Waals surface area contributed by atoms with Gasteiger partial charge in [-0.25, -0.2) is 0 Å². The summed E-state index contributed by atoms with van der Waals surface area (Å²) in [5.41, 5.74) is 1.25. The van der Waals surface area contributed by atoms with Crippen LogP contribution < -0.4 is 0 Å². The molecule has 0 atom stereocenters. The summed E-state index contributed by atoms with van der Waals surface area (Å²) in [4.78, 5) is 0. The normalized spacial score (nSPS) is 12.6. The van der Waals surface area contributed by atoms with Crippen LogP contribution in [0.4, 0.5) is 0 Å². The average Bonchev–Trinajstić information content (AvgIpc) is 2.21. The van der Waals surface area contributed by atoms with E-state index < -0.39 is 0 Å². The van der Waals surface area contributed by atoms with Crippen LogP contribution >= 0.6 is 0 Å². The molecule has 0 amide bonds. The zero-order chi connectivity index (χ0) is 10.6. The van der Waals surface area contributed by atoms with Crippen molar-refractivity contribution in [2.24, 2.45) is 0 Å². The van der Waals surface area contributed by atoms with Crippen molar-refractivity contribution in [3.05, 3.63) is 23.8 Å².